The van der Waals surface area contributed by atoms with Crippen LogP contribution in [0.25, 0.3) is 0 Å². The molecule has 0 aromatic heterocycles. The Morgan fingerprint density at radius 1 is 0.926 bits per heavy atom. The summed E-state index contributed by atoms with van der Waals surface area (Å²) in [6.45, 7) is 16.5. The Kier molecular flexibility index (Phi) is 7.48. The second-order valence-electron chi connectivity index (χ2n) is 8.33. The van der Waals surface area contributed by atoms with Gasteiger partial charge in [0.2, 0.25) is 0 Å². The van der Waals surface area contributed by atoms with E-state index in [0.717, 1.165) is 25.7 Å². The van der Waals surface area contributed by atoms with Crippen molar-refractivity contribution in [2.75, 3.05) is 13.2 Å². The van der Waals surface area contributed by atoms with E-state index in [0.29, 0.717) is 13.2 Å². The normalized spacial score (nSPS) is 22.5. The molecule has 0 radical (unpaired) electrons. The fourth-order valence-electron chi connectivity index (χ4n) is 4.77. The second-order valence-corrected chi connectivity index (χ2v) is 8.33. The predicted molar refractivity (Wildman–Crippen MR) is 110 cm³/mol. The quantitative estimate of drug-likeness (QED) is 0.503. The van der Waals surface area contributed by atoms with Gasteiger partial charge in [-0.1, -0.05) is 44.2 Å². The number of hydroxylamine groups is 2. The molecule has 2 rings (SSSR count). The van der Waals surface area contributed by atoms with Gasteiger partial charge in [0.1, 0.15) is 6.10 Å². The van der Waals surface area contributed by atoms with Crippen LogP contribution in [-0.2, 0) is 14.3 Å². The molecule has 1 saturated heterocycles. The second kappa shape index (κ2) is 9.04. The van der Waals surface area contributed by atoms with Gasteiger partial charge < -0.3 is 9.47 Å². The Labute approximate surface area is 166 Å². The van der Waals surface area contributed by atoms with Gasteiger partial charge in [0, 0.05) is 31.6 Å². The zero-order valence-corrected chi connectivity index (χ0v) is 18.4. The first kappa shape index (κ1) is 22.4. The van der Waals surface area contributed by atoms with Gasteiger partial charge in [-0.3, -0.25) is 4.84 Å². The smallest absolute Gasteiger partial charge is 0.171 e. The summed E-state index contributed by atoms with van der Waals surface area (Å²) in [7, 11) is 0. The Morgan fingerprint density at radius 2 is 1.48 bits per heavy atom. The highest BCUT2D eigenvalue weighted by atomic mass is 16.7. The van der Waals surface area contributed by atoms with Gasteiger partial charge in [0.05, 0.1) is 5.54 Å². The lowest BCUT2D eigenvalue weighted by Gasteiger charge is -2.59. The van der Waals surface area contributed by atoms with E-state index in [1.807, 2.05) is 19.9 Å². The molecule has 1 atom stereocenters. The summed E-state index contributed by atoms with van der Waals surface area (Å²) in [4.78, 5) is 6.66. The molecule has 154 valence electrons. The fourth-order valence-corrected chi connectivity index (χ4v) is 4.77. The van der Waals surface area contributed by atoms with Gasteiger partial charge in [-0.25, -0.2) is 0 Å². The van der Waals surface area contributed by atoms with Gasteiger partial charge in [-0.15, -0.1) is 0 Å². The molecule has 1 heterocycles. The lowest BCUT2D eigenvalue weighted by Crippen LogP contribution is -2.68. The molecular weight excluding hydrogens is 338 g/mol. The fraction of sp³-hybridized carbons (Fsp3) is 0.739. The maximum atomic E-state index is 6.66. The van der Waals surface area contributed by atoms with Gasteiger partial charge in [-0.05, 0) is 53.0 Å². The zero-order chi connectivity index (χ0) is 20.1. The molecule has 0 bridgehead atoms. The third kappa shape index (κ3) is 4.73. The van der Waals surface area contributed by atoms with E-state index in [4.69, 9.17) is 14.3 Å². The maximum absolute atomic E-state index is 6.66. The summed E-state index contributed by atoms with van der Waals surface area (Å²) in [6, 6.07) is 10.4. The number of ether oxygens (including phenoxy) is 2. The van der Waals surface area contributed by atoms with E-state index in [1.54, 1.807) is 0 Å². The lowest BCUT2D eigenvalue weighted by molar-refractivity contribution is -0.374. The minimum Gasteiger partial charge on any atom is -0.350 e. The number of nitrogens with zero attached hydrogens (tertiary/aromatic N) is 1. The highest BCUT2D eigenvalue weighted by Gasteiger charge is 2.57. The van der Waals surface area contributed by atoms with Crippen molar-refractivity contribution in [3.8, 4) is 0 Å². The average Bonchev–Trinajstić information content (AvgIpc) is 2.64. The predicted octanol–water partition coefficient (Wildman–Crippen LogP) is 5.88. The Balaban J connectivity index is 2.37. The van der Waals surface area contributed by atoms with Gasteiger partial charge >= 0.3 is 0 Å². The van der Waals surface area contributed by atoms with Crippen LogP contribution in [0.3, 0.4) is 0 Å². The summed E-state index contributed by atoms with van der Waals surface area (Å²) >= 11 is 0. The van der Waals surface area contributed by atoms with Crippen molar-refractivity contribution in [3.63, 3.8) is 0 Å². The molecule has 1 fully saturated rings. The van der Waals surface area contributed by atoms with Crippen molar-refractivity contribution in [1.82, 2.24) is 5.06 Å². The highest BCUT2D eigenvalue weighted by Crippen LogP contribution is 2.50. The first-order valence-corrected chi connectivity index (χ1v) is 10.6. The van der Waals surface area contributed by atoms with Crippen LogP contribution in [0.1, 0.15) is 85.8 Å². The minimum absolute atomic E-state index is 0.00497. The molecule has 1 aliphatic heterocycles. The van der Waals surface area contributed by atoms with E-state index in [2.05, 4.69) is 63.9 Å². The zero-order valence-electron chi connectivity index (χ0n) is 18.4. The number of rotatable bonds is 9. The third-order valence-electron chi connectivity index (χ3n) is 5.94. The lowest BCUT2D eigenvalue weighted by atomic mass is 9.73. The first-order valence-electron chi connectivity index (χ1n) is 10.6. The van der Waals surface area contributed by atoms with Crippen LogP contribution < -0.4 is 0 Å². The highest BCUT2D eigenvalue weighted by molar-refractivity contribution is 5.17. The number of hydrogen-bond donors (Lipinski definition) is 0. The Morgan fingerprint density at radius 3 is 1.96 bits per heavy atom. The standard InChI is InChI=1S/C23H39NO3/c1-8-22(9-2)18-23(25-10-3,26-11-4)17-21(6,7)24(22)27-19(5)20-15-13-12-14-16-20/h12-16,19H,8-11,17-18H2,1-7H3. The largest absolute Gasteiger partial charge is 0.350 e. The molecule has 4 heteroatoms. The van der Waals surface area contributed by atoms with Crippen LogP contribution in [0, 0.1) is 0 Å². The average molecular weight is 378 g/mol. The molecule has 0 amide bonds. The maximum Gasteiger partial charge on any atom is 0.171 e. The molecule has 0 N–H and O–H groups in total. The molecule has 1 aliphatic rings. The Hall–Kier alpha value is -0.940. The minimum atomic E-state index is -0.547. The van der Waals surface area contributed by atoms with Gasteiger partial charge in [-0.2, -0.15) is 5.06 Å². The van der Waals surface area contributed by atoms with Crippen LogP contribution in [-0.4, -0.2) is 35.1 Å². The third-order valence-corrected chi connectivity index (χ3v) is 5.94. The molecule has 0 spiro atoms. The topological polar surface area (TPSA) is 30.9 Å². The SMILES string of the molecule is CCOC1(OCC)CC(C)(C)N(OC(C)c2ccccc2)C(CC)(CC)C1. The first-order chi connectivity index (χ1) is 12.8. The van der Waals surface area contributed by atoms with Crippen molar-refractivity contribution in [1.29, 1.82) is 0 Å². The molecule has 0 saturated carbocycles. The van der Waals surface area contributed by atoms with Crippen molar-refractivity contribution in [2.45, 2.75) is 97.1 Å². The van der Waals surface area contributed by atoms with E-state index in [9.17, 15) is 0 Å². The van der Waals surface area contributed by atoms with Crippen molar-refractivity contribution in [2.24, 2.45) is 0 Å². The monoisotopic (exact) mass is 377 g/mol. The van der Waals surface area contributed by atoms with Crippen LogP contribution in [0.5, 0.6) is 0 Å². The molecule has 1 aromatic carbocycles. The number of benzene rings is 1. The van der Waals surface area contributed by atoms with E-state index in [1.165, 1.54) is 5.56 Å². The summed E-state index contributed by atoms with van der Waals surface area (Å²) in [5, 5.41) is 2.27. The van der Waals surface area contributed by atoms with Crippen LogP contribution in [0.15, 0.2) is 30.3 Å². The van der Waals surface area contributed by atoms with E-state index < -0.39 is 5.79 Å². The summed E-state index contributed by atoms with van der Waals surface area (Å²) < 4.78 is 12.5. The molecular formula is C23H39NO3. The van der Waals surface area contributed by atoms with E-state index in [-0.39, 0.29) is 17.2 Å². The van der Waals surface area contributed by atoms with Gasteiger partial charge in [0.15, 0.2) is 5.79 Å². The van der Waals surface area contributed by atoms with Crippen molar-refractivity contribution in [3.05, 3.63) is 35.9 Å². The van der Waals surface area contributed by atoms with Crippen molar-refractivity contribution >= 4 is 0 Å². The van der Waals surface area contributed by atoms with Crippen LogP contribution in [0.4, 0.5) is 0 Å². The van der Waals surface area contributed by atoms with Crippen LogP contribution >= 0.6 is 0 Å². The Bertz CT molecular complexity index is 562. The number of hydrogen-bond acceptors (Lipinski definition) is 4. The molecule has 4 nitrogen and oxygen atoms in total. The molecule has 1 unspecified atom stereocenters. The van der Waals surface area contributed by atoms with Crippen molar-refractivity contribution < 1.29 is 14.3 Å². The van der Waals surface area contributed by atoms with Gasteiger partial charge in [0.25, 0.3) is 0 Å². The van der Waals surface area contributed by atoms with E-state index >= 15 is 0 Å². The summed E-state index contributed by atoms with van der Waals surface area (Å²) in [6.07, 6.45) is 3.56. The summed E-state index contributed by atoms with van der Waals surface area (Å²) in [5.41, 5.74) is 0.855. The number of piperidine rings is 1. The molecule has 27 heavy (non-hydrogen) atoms. The molecule has 1 aromatic rings. The molecule has 0 aliphatic carbocycles. The van der Waals surface area contributed by atoms with Crippen LogP contribution in [0.2, 0.25) is 0 Å². The summed E-state index contributed by atoms with van der Waals surface area (Å²) in [5.74, 6) is -0.547.